The van der Waals surface area contributed by atoms with Gasteiger partial charge in [0.05, 0.1) is 23.9 Å². The van der Waals surface area contributed by atoms with E-state index in [-0.39, 0.29) is 16.5 Å². The molecule has 0 radical (unpaired) electrons. The number of fused-ring (bicyclic) bond motifs is 1. The Hall–Kier alpha value is -3.90. The minimum Gasteiger partial charge on any atom is -0.505 e. The molecule has 4 heterocycles. The molecule has 1 aliphatic heterocycles. The first-order valence-electron chi connectivity index (χ1n) is 14.1. The lowest BCUT2D eigenvalue weighted by atomic mass is 9.96. The number of pyridine rings is 1. The first-order chi connectivity index (χ1) is 21.8. The molecule has 1 saturated heterocycles. The van der Waals surface area contributed by atoms with Crippen molar-refractivity contribution in [3.8, 4) is 5.75 Å². The molecular weight excluding hydrogens is 653 g/mol. The van der Waals surface area contributed by atoms with Crippen LogP contribution < -0.4 is 9.64 Å². The van der Waals surface area contributed by atoms with Gasteiger partial charge in [-0.25, -0.2) is 4.98 Å². The van der Waals surface area contributed by atoms with Gasteiger partial charge in [0.1, 0.15) is 17.1 Å². The fourth-order valence-electron chi connectivity index (χ4n) is 5.09. The van der Waals surface area contributed by atoms with E-state index < -0.39 is 17.7 Å². The Labute approximate surface area is 277 Å². The molecule has 1 N–H and O–H groups in total. The van der Waals surface area contributed by atoms with Crippen LogP contribution >= 0.6 is 46.3 Å². The Morgan fingerprint density at radius 3 is 2.64 bits per heavy atom. The molecule has 1 amide bonds. The van der Waals surface area contributed by atoms with Crippen molar-refractivity contribution in [2.24, 2.45) is 0 Å². The fourth-order valence-corrected chi connectivity index (χ4v) is 7.51. The molecule has 3 aromatic heterocycles. The SMILES string of the molecule is CCCCOc1ccc(C2C(=C(O)c3c(C)nc4ccccn34)C(=O)C(=O)N2c2nnc(SCc3ccc(Cl)cc3Cl)s2)cc1. The number of amides is 1. The van der Waals surface area contributed by atoms with Gasteiger partial charge >= 0.3 is 5.91 Å². The third-order valence-corrected chi connectivity index (χ3v) is 10.00. The van der Waals surface area contributed by atoms with Gasteiger partial charge in [-0.15, -0.1) is 10.2 Å². The second-order valence-electron chi connectivity index (χ2n) is 10.3. The van der Waals surface area contributed by atoms with Crippen LogP contribution in [0.2, 0.25) is 10.0 Å². The molecule has 1 aliphatic rings. The van der Waals surface area contributed by atoms with Gasteiger partial charge in [0, 0.05) is 22.0 Å². The number of ether oxygens (including phenoxy) is 1. The fraction of sp³-hybridized carbons (Fsp3) is 0.219. The van der Waals surface area contributed by atoms with Crippen molar-refractivity contribution in [3.05, 3.63) is 105 Å². The van der Waals surface area contributed by atoms with E-state index in [1.807, 2.05) is 12.1 Å². The molecule has 0 saturated carbocycles. The Morgan fingerprint density at radius 1 is 1.09 bits per heavy atom. The molecular formula is C32H27Cl2N5O4S2. The van der Waals surface area contributed by atoms with Gasteiger partial charge in [-0.2, -0.15) is 0 Å². The highest BCUT2D eigenvalue weighted by Crippen LogP contribution is 2.45. The normalized spacial score (nSPS) is 16.2. The van der Waals surface area contributed by atoms with Gasteiger partial charge < -0.3 is 9.84 Å². The Balaban J connectivity index is 1.40. The Bertz CT molecular complexity index is 1940. The number of hydrogen-bond acceptors (Lipinski definition) is 9. The molecule has 2 aromatic carbocycles. The average Bonchev–Trinajstić information content (AvgIpc) is 3.70. The third-order valence-electron chi connectivity index (χ3n) is 7.30. The maximum Gasteiger partial charge on any atom is 0.301 e. The summed E-state index contributed by atoms with van der Waals surface area (Å²) in [7, 11) is 0. The van der Waals surface area contributed by atoms with E-state index in [2.05, 4.69) is 22.1 Å². The zero-order valence-corrected chi connectivity index (χ0v) is 27.4. The van der Waals surface area contributed by atoms with Crippen LogP contribution in [0.25, 0.3) is 11.4 Å². The number of halogens is 2. The van der Waals surface area contributed by atoms with Gasteiger partial charge in [-0.05, 0) is 60.9 Å². The molecule has 0 aliphatic carbocycles. The summed E-state index contributed by atoms with van der Waals surface area (Å²) in [4.78, 5) is 33.3. The van der Waals surface area contributed by atoms with E-state index in [9.17, 15) is 14.7 Å². The number of nitrogens with zero attached hydrogens (tertiary/aromatic N) is 5. The molecule has 1 atom stereocenters. The number of carbonyl (C=O) groups is 2. The van der Waals surface area contributed by atoms with Crippen LogP contribution in [-0.2, 0) is 15.3 Å². The van der Waals surface area contributed by atoms with Crippen molar-refractivity contribution >= 4 is 74.5 Å². The lowest BCUT2D eigenvalue weighted by Crippen LogP contribution is -2.29. The monoisotopic (exact) mass is 679 g/mol. The van der Waals surface area contributed by atoms with Gasteiger partial charge in [-0.1, -0.05) is 83.9 Å². The third kappa shape index (κ3) is 6.17. The maximum absolute atomic E-state index is 13.7. The number of unbranched alkanes of at least 4 members (excludes halogenated alkanes) is 1. The van der Waals surface area contributed by atoms with E-state index >= 15 is 0 Å². The number of aliphatic hydroxyl groups excluding tert-OH is 1. The summed E-state index contributed by atoms with van der Waals surface area (Å²) in [5, 5.41) is 21.7. The molecule has 0 bridgehead atoms. The van der Waals surface area contributed by atoms with Crippen LogP contribution in [-0.4, -0.2) is 43.0 Å². The Morgan fingerprint density at radius 2 is 1.89 bits per heavy atom. The van der Waals surface area contributed by atoms with Crippen LogP contribution in [0.3, 0.4) is 0 Å². The first kappa shape index (κ1) is 31.1. The van der Waals surface area contributed by atoms with E-state index in [0.717, 1.165) is 18.4 Å². The predicted molar refractivity (Wildman–Crippen MR) is 177 cm³/mol. The van der Waals surface area contributed by atoms with Crippen molar-refractivity contribution in [3.63, 3.8) is 0 Å². The molecule has 45 heavy (non-hydrogen) atoms. The van der Waals surface area contributed by atoms with E-state index in [0.29, 0.717) is 55.1 Å². The largest absolute Gasteiger partial charge is 0.505 e. The predicted octanol–water partition coefficient (Wildman–Crippen LogP) is 7.90. The lowest BCUT2D eigenvalue weighted by Gasteiger charge is -2.22. The minimum absolute atomic E-state index is 0.0641. The quantitative estimate of drug-likeness (QED) is 0.0396. The molecule has 5 aromatic rings. The van der Waals surface area contributed by atoms with Gasteiger partial charge in [0.25, 0.3) is 5.78 Å². The highest BCUT2D eigenvalue weighted by molar-refractivity contribution is 8.00. The highest BCUT2D eigenvalue weighted by atomic mass is 35.5. The molecule has 6 rings (SSSR count). The van der Waals surface area contributed by atoms with Crippen molar-refractivity contribution in [2.45, 2.75) is 42.8 Å². The number of benzene rings is 2. The summed E-state index contributed by atoms with van der Waals surface area (Å²) >= 11 is 14.9. The van der Waals surface area contributed by atoms with Crippen LogP contribution in [0, 0.1) is 6.92 Å². The zero-order chi connectivity index (χ0) is 31.7. The maximum atomic E-state index is 13.7. The number of rotatable bonds is 10. The number of imidazole rings is 1. The molecule has 0 spiro atoms. The summed E-state index contributed by atoms with van der Waals surface area (Å²) in [6.45, 7) is 4.41. The van der Waals surface area contributed by atoms with Gasteiger partial charge in [-0.3, -0.25) is 18.9 Å². The standard InChI is InChI=1S/C32H27Cl2N5O4S2/c1-3-4-15-43-22-12-9-19(10-13-22)27-25(28(40)26-18(2)35-24-7-5-6-14-38(24)26)29(41)30(42)39(27)31-36-37-32(45-31)44-17-20-8-11-21(33)16-23(20)34/h5-14,16,27,40H,3-4,15,17H2,1-2H3. The van der Waals surface area contributed by atoms with E-state index in [1.165, 1.54) is 28.0 Å². The molecule has 230 valence electrons. The summed E-state index contributed by atoms with van der Waals surface area (Å²) < 4.78 is 8.11. The number of thioether (sulfide) groups is 1. The second-order valence-corrected chi connectivity index (χ2v) is 13.3. The molecule has 9 nitrogen and oxygen atoms in total. The molecule has 1 unspecified atom stereocenters. The number of hydrogen-bond donors (Lipinski definition) is 1. The highest BCUT2D eigenvalue weighted by Gasteiger charge is 2.49. The number of aromatic nitrogens is 4. The minimum atomic E-state index is -0.972. The first-order valence-corrected chi connectivity index (χ1v) is 16.7. The smallest absolute Gasteiger partial charge is 0.301 e. The summed E-state index contributed by atoms with van der Waals surface area (Å²) in [6, 6.07) is 16.9. The zero-order valence-electron chi connectivity index (χ0n) is 24.2. The summed E-state index contributed by atoms with van der Waals surface area (Å²) in [6.07, 6.45) is 3.67. The number of aliphatic hydroxyl groups is 1. The van der Waals surface area contributed by atoms with Gasteiger partial charge in [0.15, 0.2) is 10.1 Å². The number of aryl methyl sites for hydroxylation is 1. The summed E-state index contributed by atoms with van der Waals surface area (Å²) in [5.74, 6) is -0.804. The van der Waals surface area contributed by atoms with E-state index in [4.69, 9.17) is 27.9 Å². The van der Waals surface area contributed by atoms with Crippen molar-refractivity contribution in [1.29, 1.82) is 0 Å². The molecule has 1 fully saturated rings. The number of anilines is 1. The number of carbonyl (C=O) groups excluding carboxylic acids is 2. The van der Waals surface area contributed by atoms with Crippen LogP contribution in [0.5, 0.6) is 5.75 Å². The van der Waals surface area contributed by atoms with E-state index in [1.54, 1.807) is 66.1 Å². The van der Waals surface area contributed by atoms with Crippen molar-refractivity contribution < 1.29 is 19.4 Å². The van der Waals surface area contributed by atoms with Gasteiger partial charge in [0.2, 0.25) is 5.13 Å². The Kier molecular flexibility index (Phi) is 9.14. The second kappa shape index (κ2) is 13.2. The summed E-state index contributed by atoms with van der Waals surface area (Å²) in [5.41, 5.74) is 2.85. The lowest BCUT2D eigenvalue weighted by molar-refractivity contribution is -0.132. The molecule has 13 heteroatoms. The van der Waals surface area contributed by atoms with Crippen LogP contribution in [0.15, 0.2) is 76.8 Å². The number of Topliss-reactive ketones (excluding diaryl/α,β-unsaturated/α-hetero) is 1. The van der Waals surface area contributed by atoms with Crippen molar-refractivity contribution in [2.75, 3.05) is 11.5 Å². The topological polar surface area (TPSA) is 110 Å². The van der Waals surface area contributed by atoms with Crippen LogP contribution in [0.4, 0.5) is 5.13 Å². The van der Waals surface area contributed by atoms with Crippen LogP contribution in [0.1, 0.15) is 48.3 Å². The van der Waals surface area contributed by atoms with Crippen molar-refractivity contribution in [1.82, 2.24) is 19.6 Å². The number of ketones is 1. The average molecular weight is 681 g/mol.